The number of benzene rings is 2. The predicted molar refractivity (Wildman–Crippen MR) is 125 cm³/mol. The van der Waals surface area contributed by atoms with Crippen molar-refractivity contribution in [3.8, 4) is 11.5 Å². The highest BCUT2D eigenvalue weighted by Crippen LogP contribution is 2.27. The number of nitrogens with two attached hydrogens (primary N) is 1. The fraction of sp³-hybridized carbons (Fsp3) is 0.348. The first-order chi connectivity index (χ1) is 15.5. The molecule has 0 saturated carbocycles. The van der Waals surface area contributed by atoms with Crippen LogP contribution < -0.4 is 30.3 Å². The van der Waals surface area contributed by atoms with Crippen LogP contribution in [-0.4, -0.2) is 55.4 Å². The number of nitrogen functional groups attached to an aromatic ring is 1. The van der Waals surface area contributed by atoms with E-state index in [1.165, 1.54) is 10.6 Å². The van der Waals surface area contributed by atoms with Crippen molar-refractivity contribution in [3.63, 3.8) is 0 Å². The summed E-state index contributed by atoms with van der Waals surface area (Å²) >= 11 is 0. The largest absolute Gasteiger partial charge is 0.497 e. The van der Waals surface area contributed by atoms with Gasteiger partial charge in [-0.25, -0.2) is 0 Å². The summed E-state index contributed by atoms with van der Waals surface area (Å²) in [6.45, 7) is 6.63. The van der Waals surface area contributed by atoms with Gasteiger partial charge in [0.2, 0.25) is 11.9 Å². The Balaban J connectivity index is 1.40. The fourth-order valence-corrected chi connectivity index (χ4v) is 3.89. The molecule has 9 nitrogen and oxygen atoms in total. The number of ether oxygens (including phenoxy) is 2. The van der Waals surface area contributed by atoms with E-state index in [9.17, 15) is 0 Å². The number of methoxy groups -OCH3 is 2. The van der Waals surface area contributed by atoms with E-state index in [1.807, 2.05) is 37.3 Å². The van der Waals surface area contributed by atoms with Gasteiger partial charge in [0.05, 0.1) is 46.1 Å². The lowest BCUT2D eigenvalue weighted by atomic mass is 10.2. The van der Waals surface area contributed by atoms with Crippen molar-refractivity contribution in [2.45, 2.75) is 13.5 Å². The summed E-state index contributed by atoms with van der Waals surface area (Å²) in [7, 11) is 3.32. The molecule has 3 aromatic rings. The molecular formula is C23H30N7O2+. The first-order valence-corrected chi connectivity index (χ1v) is 10.7. The molecule has 1 saturated heterocycles. The SMILES string of the molecule is COc1ccc(N2CC[NH+](Cc3nc(N)nc(Nc4cc(C)ccc4OC)n3)CC2)cc1. The second-order valence-corrected chi connectivity index (χ2v) is 7.87. The van der Waals surface area contributed by atoms with E-state index in [0.29, 0.717) is 18.3 Å². The highest BCUT2D eigenvalue weighted by atomic mass is 16.5. The number of quaternary nitrogens is 1. The molecule has 0 atom stereocenters. The molecular weight excluding hydrogens is 406 g/mol. The molecule has 2 heterocycles. The lowest BCUT2D eigenvalue weighted by Gasteiger charge is -2.33. The second kappa shape index (κ2) is 9.69. The Morgan fingerprint density at radius 1 is 1.00 bits per heavy atom. The third-order valence-electron chi connectivity index (χ3n) is 5.62. The van der Waals surface area contributed by atoms with E-state index in [2.05, 4.69) is 37.3 Å². The van der Waals surface area contributed by atoms with Gasteiger partial charge in [-0.05, 0) is 48.9 Å². The van der Waals surface area contributed by atoms with Crippen LogP contribution in [0.2, 0.25) is 0 Å². The first kappa shape index (κ1) is 21.6. The molecule has 2 aromatic carbocycles. The van der Waals surface area contributed by atoms with Gasteiger partial charge < -0.3 is 30.3 Å². The van der Waals surface area contributed by atoms with Crippen molar-refractivity contribution >= 4 is 23.3 Å². The molecule has 0 spiro atoms. The summed E-state index contributed by atoms with van der Waals surface area (Å²) < 4.78 is 10.7. The van der Waals surface area contributed by atoms with E-state index < -0.39 is 0 Å². The molecule has 0 unspecified atom stereocenters. The van der Waals surface area contributed by atoms with Crippen LogP contribution in [0.1, 0.15) is 11.4 Å². The van der Waals surface area contributed by atoms with Crippen LogP contribution in [0.5, 0.6) is 11.5 Å². The molecule has 1 fully saturated rings. The zero-order valence-electron chi connectivity index (χ0n) is 18.8. The van der Waals surface area contributed by atoms with Crippen LogP contribution in [0.3, 0.4) is 0 Å². The summed E-state index contributed by atoms with van der Waals surface area (Å²) in [6, 6.07) is 14.1. The Hall–Kier alpha value is -3.59. The van der Waals surface area contributed by atoms with Gasteiger partial charge in [0.25, 0.3) is 0 Å². The highest BCUT2D eigenvalue weighted by Gasteiger charge is 2.22. The smallest absolute Gasteiger partial charge is 0.232 e. The predicted octanol–water partition coefficient (Wildman–Crippen LogP) is 1.43. The molecule has 1 aliphatic heterocycles. The minimum absolute atomic E-state index is 0.209. The summed E-state index contributed by atoms with van der Waals surface area (Å²) in [6.07, 6.45) is 0. The van der Waals surface area contributed by atoms with E-state index in [0.717, 1.165) is 48.9 Å². The Labute approximate surface area is 188 Å². The highest BCUT2D eigenvalue weighted by molar-refractivity contribution is 5.63. The third-order valence-corrected chi connectivity index (χ3v) is 5.62. The average molecular weight is 437 g/mol. The second-order valence-electron chi connectivity index (χ2n) is 7.87. The Kier molecular flexibility index (Phi) is 6.55. The minimum Gasteiger partial charge on any atom is -0.497 e. The number of hydrogen-bond acceptors (Lipinski definition) is 8. The summed E-state index contributed by atoms with van der Waals surface area (Å²) in [4.78, 5) is 17.0. The maximum atomic E-state index is 5.98. The molecule has 32 heavy (non-hydrogen) atoms. The van der Waals surface area contributed by atoms with Crippen LogP contribution in [0.4, 0.5) is 23.3 Å². The van der Waals surface area contributed by atoms with Gasteiger partial charge in [-0.15, -0.1) is 0 Å². The van der Waals surface area contributed by atoms with Crippen LogP contribution in [0.25, 0.3) is 0 Å². The van der Waals surface area contributed by atoms with Crippen LogP contribution in [0, 0.1) is 6.92 Å². The maximum absolute atomic E-state index is 5.98. The van der Waals surface area contributed by atoms with Gasteiger partial charge in [0, 0.05) is 5.69 Å². The number of rotatable bonds is 7. The Bertz CT molecular complexity index is 1050. The first-order valence-electron chi connectivity index (χ1n) is 10.7. The summed E-state index contributed by atoms with van der Waals surface area (Å²) in [5.74, 6) is 2.90. The van der Waals surface area contributed by atoms with Gasteiger partial charge in [-0.1, -0.05) is 6.07 Å². The fourth-order valence-electron chi connectivity index (χ4n) is 3.89. The van der Waals surface area contributed by atoms with Gasteiger partial charge in [-0.3, -0.25) is 0 Å². The van der Waals surface area contributed by atoms with Crippen LogP contribution in [-0.2, 0) is 6.54 Å². The Morgan fingerprint density at radius 2 is 1.75 bits per heavy atom. The number of aryl methyl sites for hydroxylation is 1. The normalized spacial score (nSPS) is 14.3. The quantitative estimate of drug-likeness (QED) is 0.511. The topological polar surface area (TPSA) is 103 Å². The average Bonchev–Trinajstić information content (AvgIpc) is 2.79. The van der Waals surface area contributed by atoms with Crippen molar-refractivity contribution in [1.82, 2.24) is 15.0 Å². The minimum atomic E-state index is 0.209. The van der Waals surface area contributed by atoms with E-state index >= 15 is 0 Å². The number of aromatic nitrogens is 3. The van der Waals surface area contributed by atoms with E-state index in [-0.39, 0.29) is 5.95 Å². The summed E-state index contributed by atoms with van der Waals surface area (Å²) in [5.41, 5.74) is 9.10. The van der Waals surface area contributed by atoms with Gasteiger partial charge in [0.1, 0.15) is 18.0 Å². The molecule has 9 heteroatoms. The van der Waals surface area contributed by atoms with Gasteiger partial charge in [-0.2, -0.15) is 15.0 Å². The zero-order chi connectivity index (χ0) is 22.5. The molecule has 4 N–H and O–H groups in total. The molecule has 1 aliphatic rings. The number of piperazine rings is 1. The lowest BCUT2D eigenvalue weighted by molar-refractivity contribution is -0.915. The number of anilines is 4. The van der Waals surface area contributed by atoms with Crippen molar-refractivity contribution in [3.05, 3.63) is 53.9 Å². The van der Waals surface area contributed by atoms with Crippen molar-refractivity contribution in [2.24, 2.45) is 0 Å². The Morgan fingerprint density at radius 3 is 2.44 bits per heavy atom. The number of hydrogen-bond donors (Lipinski definition) is 3. The summed E-state index contributed by atoms with van der Waals surface area (Å²) in [5, 5.41) is 3.23. The maximum Gasteiger partial charge on any atom is 0.232 e. The molecule has 0 bridgehead atoms. The van der Waals surface area contributed by atoms with Gasteiger partial charge >= 0.3 is 0 Å². The van der Waals surface area contributed by atoms with Crippen molar-refractivity contribution < 1.29 is 14.4 Å². The van der Waals surface area contributed by atoms with Crippen LogP contribution in [0.15, 0.2) is 42.5 Å². The molecule has 4 rings (SSSR count). The zero-order valence-corrected chi connectivity index (χ0v) is 18.8. The van der Waals surface area contributed by atoms with Crippen molar-refractivity contribution in [1.29, 1.82) is 0 Å². The molecule has 1 aromatic heterocycles. The lowest BCUT2D eigenvalue weighted by Crippen LogP contribution is -3.13. The molecule has 0 aliphatic carbocycles. The van der Waals surface area contributed by atoms with E-state index in [1.54, 1.807) is 14.2 Å². The molecule has 168 valence electrons. The monoisotopic (exact) mass is 436 g/mol. The number of nitrogens with zero attached hydrogens (tertiary/aromatic N) is 4. The molecule has 0 radical (unpaired) electrons. The van der Waals surface area contributed by atoms with Crippen molar-refractivity contribution in [2.75, 3.05) is 56.3 Å². The standard InChI is InChI=1S/C23H29N7O2/c1-16-4-9-20(32-3)19(14-16)25-23-27-21(26-22(24)28-23)15-29-10-12-30(13-11-29)17-5-7-18(31-2)8-6-17/h4-9,14H,10-13,15H2,1-3H3,(H3,24,25,26,27,28)/p+1. The number of nitrogens with one attached hydrogen (secondary N) is 2. The third kappa shape index (κ3) is 5.17. The van der Waals surface area contributed by atoms with Gasteiger partial charge in [0.15, 0.2) is 5.82 Å². The van der Waals surface area contributed by atoms with Crippen LogP contribution >= 0.6 is 0 Å². The molecule has 0 amide bonds. The van der Waals surface area contributed by atoms with E-state index in [4.69, 9.17) is 15.2 Å².